The van der Waals surface area contributed by atoms with Gasteiger partial charge in [0.1, 0.15) is 5.75 Å². The molecule has 4 rings (SSSR count). The van der Waals surface area contributed by atoms with Crippen molar-refractivity contribution in [1.82, 2.24) is 9.97 Å². The van der Waals surface area contributed by atoms with E-state index < -0.39 is 0 Å². The smallest absolute Gasteiger partial charge is 0.258 e. The number of hydrogen-bond acceptors (Lipinski definition) is 6. The second-order valence-corrected chi connectivity index (χ2v) is 9.87. The van der Waals surface area contributed by atoms with Crippen LogP contribution in [0.4, 0.5) is 17.3 Å². The molecule has 1 N–H and O–H groups in total. The molecule has 7 nitrogen and oxygen atoms in total. The maximum Gasteiger partial charge on any atom is 0.258 e. The lowest BCUT2D eigenvalue weighted by Gasteiger charge is -2.28. The predicted molar refractivity (Wildman–Crippen MR) is 153 cm³/mol. The molecule has 38 heavy (non-hydrogen) atoms. The van der Waals surface area contributed by atoms with E-state index in [-0.39, 0.29) is 11.8 Å². The number of benzene rings is 2. The molecule has 0 saturated carbocycles. The number of nitrogens with one attached hydrogen (secondary N) is 1. The number of carbonyl (C=O) groups excluding carboxylic acids is 1. The van der Waals surface area contributed by atoms with Gasteiger partial charge in [-0.1, -0.05) is 44.5 Å². The highest BCUT2D eigenvalue weighted by Gasteiger charge is 2.28. The Morgan fingerprint density at radius 1 is 1.08 bits per heavy atom. The molecule has 0 aliphatic carbocycles. The first-order chi connectivity index (χ1) is 18.5. The minimum absolute atomic E-state index is 0.0333. The van der Waals surface area contributed by atoms with E-state index in [1.807, 2.05) is 24.3 Å². The van der Waals surface area contributed by atoms with Gasteiger partial charge in [-0.15, -0.1) is 0 Å². The third kappa shape index (κ3) is 6.51. The lowest BCUT2D eigenvalue weighted by atomic mass is 9.86. The first kappa shape index (κ1) is 27.6. The van der Waals surface area contributed by atoms with Crippen molar-refractivity contribution in [3.05, 3.63) is 71.0 Å². The number of unbranched alkanes of at least 4 members (excludes halogenated alkanes) is 2. The van der Waals surface area contributed by atoms with Crippen LogP contribution in [0, 0.1) is 0 Å². The van der Waals surface area contributed by atoms with Crippen LogP contribution in [0.1, 0.15) is 79.0 Å². The van der Waals surface area contributed by atoms with Crippen molar-refractivity contribution in [3.63, 3.8) is 0 Å². The van der Waals surface area contributed by atoms with Gasteiger partial charge < -0.3 is 19.7 Å². The number of nitrogens with zero attached hydrogens (tertiary/aromatic N) is 3. The number of rotatable bonds is 12. The molecule has 0 bridgehead atoms. The maximum atomic E-state index is 13.3. The SMILES string of the molecule is CCCCOCCCCc1ccc(Nc2ncc3c(n2)CC(CC)c2ccccc2C(=O)N3C)c(OC)c1. The molecule has 1 amide bonds. The molecule has 1 atom stereocenters. The topological polar surface area (TPSA) is 76.6 Å². The van der Waals surface area contributed by atoms with E-state index in [2.05, 4.69) is 42.3 Å². The summed E-state index contributed by atoms with van der Waals surface area (Å²) in [7, 11) is 3.47. The molecule has 0 fully saturated rings. The number of fused-ring (bicyclic) bond motifs is 2. The fourth-order valence-corrected chi connectivity index (χ4v) is 4.94. The molecular weight excluding hydrogens is 476 g/mol. The van der Waals surface area contributed by atoms with E-state index in [4.69, 9.17) is 14.5 Å². The van der Waals surface area contributed by atoms with Gasteiger partial charge in [-0.05, 0) is 73.8 Å². The first-order valence-electron chi connectivity index (χ1n) is 13.8. The summed E-state index contributed by atoms with van der Waals surface area (Å²) in [6.45, 7) is 6.01. The number of aryl methyl sites for hydroxylation is 1. The van der Waals surface area contributed by atoms with Gasteiger partial charge in [-0.25, -0.2) is 9.97 Å². The average molecular weight is 517 g/mol. The van der Waals surface area contributed by atoms with Crippen molar-refractivity contribution in [2.75, 3.05) is 37.6 Å². The summed E-state index contributed by atoms with van der Waals surface area (Å²) >= 11 is 0. The van der Waals surface area contributed by atoms with Crippen LogP contribution < -0.4 is 15.0 Å². The Morgan fingerprint density at radius 3 is 2.68 bits per heavy atom. The van der Waals surface area contributed by atoms with Crippen LogP contribution in [-0.4, -0.2) is 43.2 Å². The van der Waals surface area contributed by atoms with Crippen molar-refractivity contribution in [2.45, 2.75) is 64.7 Å². The van der Waals surface area contributed by atoms with Gasteiger partial charge in [0.15, 0.2) is 0 Å². The molecule has 1 aromatic heterocycles. The van der Waals surface area contributed by atoms with Gasteiger partial charge in [-0.2, -0.15) is 0 Å². The molecule has 202 valence electrons. The molecule has 0 saturated heterocycles. The highest BCUT2D eigenvalue weighted by atomic mass is 16.5. The van der Waals surface area contributed by atoms with Crippen LogP contribution in [0.3, 0.4) is 0 Å². The summed E-state index contributed by atoms with van der Waals surface area (Å²) < 4.78 is 11.4. The number of amides is 1. The van der Waals surface area contributed by atoms with Crippen LogP contribution in [0.25, 0.3) is 0 Å². The number of anilines is 3. The lowest BCUT2D eigenvalue weighted by Crippen LogP contribution is -2.31. The third-order valence-electron chi connectivity index (χ3n) is 7.23. The summed E-state index contributed by atoms with van der Waals surface area (Å²) in [5, 5.41) is 3.34. The molecule has 2 heterocycles. The minimum atomic E-state index is -0.0333. The molecule has 1 aliphatic rings. The van der Waals surface area contributed by atoms with Crippen molar-refractivity contribution in [2.24, 2.45) is 0 Å². The molecule has 7 heteroatoms. The van der Waals surface area contributed by atoms with Gasteiger partial charge in [0.25, 0.3) is 5.91 Å². The zero-order valence-corrected chi connectivity index (χ0v) is 23.1. The van der Waals surface area contributed by atoms with E-state index in [0.29, 0.717) is 5.95 Å². The Bertz CT molecular complexity index is 1230. The average Bonchev–Trinajstić information content (AvgIpc) is 2.95. The van der Waals surface area contributed by atoms with Gasteiger partial charge in [-0.3, -0.25) is 4.79 Å². The molecule has 3 aromatic rings. The van der Waals surface area contributed by atoms with E-state index in [9.17, 15) is 4.79 Å². The van der Waals surface area contributed by atoms with Gasteiger partial charge in [0.05, 0.1) is 30.4 Å². The largest absolute Gasteiger partial charge is 0.495 e. The highest BCUT2D eigenvalue weighted by molar-refractivity contribution is 6.07. The fourth-order valence-electron chi connectivity index (χ4n) is 4.94. The van der Waals surface area contributed by atoms with Crippen LogP contribution in [0.15, 0.2) is 48.7 Å². The summed E-state index contributed by atoms with van der Waals surface area (Å²) in [4.78, 5) is 24.4. The Balaban J connectivity index is 1.48. The van der Waals surface area contributed by atoms with Gasteiger partial charge >= 0.3 is 0 Å². The highest BCUT2D eigenvalue weighted by Crippen LogP contribution is 2.35. The number of aromatic nitrogens is 2. The second-order valence-electron chi connectivity index (χ2n) is 9.87. The standard InChI is InChI=1S/C31H40N4O3/c1-5-7-17-38-18-11-10-12-22-15-16-26(29(19-22)37-4)33-31-32-21-28-27(34-31)20-23(6-2)24-13-8-9-14-25(24)30(36)35(28)3/h8-9,13-16,19,21,23H,5-7,10-12,17-18,20H2,1-4H3,(H,32,33,34). The minimum Gasteiger partial charge on any atom is -0.495 e. The monoisotopic (exact) mass is 516 g/mol. The van der Waals surface area contributed by atoms with Crippen molar-refractivity contribution in [3.8, 4) is 5.75 Å². The molecule has 1 unspecified atom stereocenters. The van der Waals surface area contributed by atoms with Crippen LogP contribution in [0.5, 0.6) is 5.75 Å². The predicted octanol–water partition coefficient (Wildman–Crippen LogP) is 6.69. The summed E-state index contributed by atoms with van der Waals surface area (Å²) in [5.41, 5.74) is 5.47. The van der Waals surface area contributed by atoms with Crippen molar-refractivity contribution < 1.29 is 14.3 Å². The Kier molecular flexibility index (Phi) is 9.71. The summed E-state index contributed by atoms with van der Waals surface area (Å²) in [6.07, 6.45) is 8.79. The molecular formula is C31H40N4O3. The van der Waals surface area contributed by atoms with E-state index in [0.717, 1.165) is 85.7 Å². The number of ether oxygens (including phenoxy) is 2. The third-order valence-corrected chi connectivity index (χ3v) is 7.23. The summed E-state index contributed by atoms with van der Waals surface area (Å²) in [5.74, 6) is 1.42. The zero-order valence-electron chi connectivity index (χ0n) is 23.1. The molecule has 0 spiro atoms. The fraction of sp³-hybridized carbons (Fsp3) is 0.452. The molecule has 2 aromatic carbocycles. The number of methoxy groups -OCH3 is 1. The normalized spacial score (nSPS) is 14.9. The Morgan fingerprint density at radius 2 is 1.89 bits per heavy atom. The summed E-state index contributed by atoms with van der Waals surface area (Å²) in [6, 6.07) is 14.1. The van der Waals surface area contributed by atoms with Crippen LogP contribution in [0.2, 0.25) is 0 Å². The maximum absolute atomic E-state index is 13.3. The second kappa shape index (κ2) is 13.4. The first-order valence-corrected chi connectivity index (χ1v) is 13.8. The van der Waals surface area contributed by atoms with E-state index in [1.165, 1.54) is 12.0 Å². The van der Waals surface area contributed by atoms with Crippen molar-refractivity contribution in [1.29, 1.82) is 0 Å². The van der Waals surface area contributed by atoms with Crippen LogP contribution >= 0.6 is 0 Å². The van der Waals surface area contributed by atoms with Crippen molar-refractivity contribution >= 4 is 23.2 Å². The van der Waals surface area contributed by atoms with E-state index >= 15 is 0 Å². The Hall–Kier alpha value is -3.45. The Labute approximate surface area is 226 Å². The number of hydrogen-bond donors (Lipinski definition) is 1. The molecule has 0 radical (unpaired) electrons. The lowest BCUT2D eigenvalue weighted by molar-refractivity contribution is 0.0990. The molecule has 1 aliphatic heterocycles. The van der Waals surface area contributed by atoms with Gasteiger partial charge in [0, 0.05) is 25.8 Å². The van der Waals surface area contributed by atoms with Gasteiger partial charge in [0.2, 0.25) is 5.95 Å². The van der Waals surface area contributed by atoms with Crippen LogP contribution in [-0.2, 0) is 17.6 Å². The number of carbonyl (C=O) groups is 1. The quantitative estimate of drug-likeness (QED) is 0.270. The zero-order chi connectivity index (χ0) is 26.9. The van der Waals surface area contributed by atoms with E-state index in [1.54, 1.807) is 25.3 Å².